The maximum Gasteiger partial charge on any atom is 0.251 e. The number of hydrogen-bond donors (Lipinski definition) is 3. The number of thiophene rings is 1. The largest absolute Gasteiger partial charge is 0.351 e. The predicted molar refractivity (Wildman–Crippen MR) is 110 cm³/mol. The van der Waals surface area contributed by atoms with Crippen LogP contribution in [0.15, 0.2) is 57.8 Å². The highest BCUT2D eigenvalue weighted by Crippen LogP contribution is 2.14. The normalized spacial score (nSPS) is 10.5. The van der Waals surface area contributed by atoms with Gasteiger partial charge in [-0.05, 0) is 35.7 Å². The summed E-state index contributed by atoms with van der Waals surface area (Å²) in [7, 11) is 0. The Morgan fingerprint density at radius 3 is 2.69 bits per heavy atom. The van der Waals surface area contributed by atoms with E-state index in [1.807, 2.05) is 17.5 Å². The molecule has 1 aromatic carbocycles. The molecule has 0 aliphatic heterocycles. The molecule has 0 atom stereocenters. The van der Waals surface area contributed by atoms with Crippen molar-refractivity contribution in [1.82, 2.24) is 15.3 Å². The van der Waals surface area contributed by atoms with E-state index in [0.29, 0.717) is 17.9 Å². The molecule has 0 aliphatic rings. The minimum absolute atomic E-state index is 0.00561. The first-order chi connectivity index (χ1) is 14.0. The quantitative estimate of drug-likeness (QED) is 0.375. The molecular weight excluding hydrogens is 415 g/mol. The number of anilines is 1. The third-order valence-electron chi connectivity index (χ3n) is 3.62. The van der Waals surface area contributed by atoms with Crippen LogP contribution in [-0.2, 0) is 22.6 Å². The summed E-state index contributed by atoms with van der Waals surface area (Å²) < 4.78 is 12.9. The summed E-state index contributed by atoms with van der Waals surface area (Å²) >= 11 is 2.58. The predicted octanol–water partition coefficient (Wildman–Crippen LogP) is 2.56. The molecular formula is C19H17FN4O3S2. The van der Waals surface area contributed by atoms with Crippen molar-refractivity contribution in [3.8, 4) is 0 Å². The van der Waals surface area contributed by atoms with E-state index >= 15 is 0 Å². The molecule has 0 bridgehead atoms. The average Bonchev–Trinajstić information content (AvgIpc) is 3.20. The smallest absolute Gasteiger partial charge is 0.251 e. The summed E-state index contributed by atoms with van der Waals surface area (Å²) in [6, 6.07) is 10.5. The molecule has 0 saturated heterocycles. The van der Waals surface area contributed by atoms with Crippen LogP contribution in [0, 0.1) is 5.82 Å². The van der Waals surface area contributed by atoms with Crippen LogP contribution >= 0.6 is 23.1 Å². The minimum atomic E-state index is -0.400. The highest BCUT2D eigenvalue weighted by molar-refractivity contribution is 7.99. The number of aromatic nitrogens is 2. The Morgan fingerprint density at radius 2 is 1.97 bits per heavy atom. The molecule has 29 heavy (non-hydrogen) atoms. The molecule has 3 aromatic rings. The average molecular weight is 433 g/mol. The Morgan fingerprint density at radius 1 is 1.17 bits per heavy atom. The van der Waals surface area contributed by atoms with Gasteiger partial charge in [0.2, 0.25) is 11.8 Å². The number of rotatable bonds is 8. The summed E-state index contributed by atoms with van der Waals surface area (Å²) in [5.74, 6) is -0.978. The lowest BCUT2D eigenvalue weighted by Gasteiger charge is -2.06. The fraction of sp³-hybridized carbons (Fsp3) is 0.158. The number of halogens is 1. The third kappa shape index (κ3) is 6.84. The van der Waals surface area contributed by atoms with Crippen molar-refractivity contribution in [2.24, 2.45) is 0 Å². The van der Waals surface area contributed by atoms with Crippen LogP contribution in [0.5, 0.6) is 0 Å². The van der Waals surface area contributed by atoms with Crippen molar-refractivity contribution < 1.29 is 14.0 Å². The van der Waals surface area contributed by atoms with Gasteiger partial charge in [0, 0.05) is 16.6 Å². The molecule has 150 valence electrons. The van der Waals surface area contributed by atoms with Gasteiger partial charge in [0.25, 0.3) is 5.56 Å². The number of carbonyl (C=O) groups excluding carboxylic acids is 2. The molecule has 2 heterocycles. The SMILES string of the molecule is O=C(Cc1cc(=O)[nH]c(SCC(=O)Nc2ccc(F)cc2)n1)NCc1cccs1. The molecule has 7 nitrogen and oxygen atoms in total. The fourth-order valence-corrected chi connectivity index (χ4v) is 3.67. The molecule has 3 N–H and O–H groups in total. The zero-order valence-corrected chi connectivity index (χ0v) is 16.7. The van der Waals surface area contributed by atoms with Gasteiger partial charge in [0.1, 0.15) is 5.82 Å². The molecule has 0 unspecified atom stereocenters. The molecule has 0 radical (unpaired) electrons. The van der Waals surface area contributed by atoms with Gasteiger partial charge in [0.05, 0.1) is 24.4 Å². The van der Waals surface area contributed by atoms with E-state index in [-0.39, 0.29) is 29.1 Å². The van der Waals surface area contributed by atoms with Gasteiger partial charge in [-0.25, -0.2) is 9.37 Å². The number of nitrogens with one attached hydrogen (secondary N) is 3. The Hall–Kier alpha value is -2.98. The van der Waals surface area contributed by atoms with Crippen LogP contribution in [0.3, 0.4) is 0 Å². The van der Waals surface area contributed by atoms with Crippen molar-refractivity contribution in [2.45, 2.75) is 18.1 Å². The zero-order valence-electron chi connectivity index (χ0n) is 15.1. The van der Waals surface area contributed by atoms with Crippen molar-refractivity contribution in [3.63, 3.8) is 0 Å². The third-order valence-corrected chi connectivity index (χ3v) is 5.37. The molecule has 2 amide bonds. The van der Waals surface area contributed by atoms with Gasteiger partial charge < -0.3 is 15.6 Å². The minimum Gasteiger partial charge on any atom is -0.351 e. The van der Waals surface area contributed by atoms with Crippen LogP contribution in [0.2, 0.25) is 0 Å². The van der Waals surface area contributed by atoms with E-state index in [1.54, 1.807) is 11.3 Å². The Kier molecular flexibility index (Phi) is 7.14. The standard InChI is InChI=1S/C19H17FN4O3S2/c20-12-3-5-13(6-4-12)22-18(27)11-29-19-23-14(9-17(26)24-19)8-16(25)21-10-15-2-1-7-28-15/h1-7,9H,8,10-11H2,(H,21,25)(H,22,27)(H,23,24,26). The first-order valence-electron chi connectivity index (χ1n) is 8.55. The Balaban J connectivity index is 1.52. The van der Waals surface area contributed by atoms with Crippen LogP contribution < -0.4 is 16.2 Å². The summed E-state index contributed by atoms with van der Waals surface area (Å²) in [6.45, 7) is 0.421. The maximum atomic E-state index is 12.9. The van der Waals surface area contributed by atoms with Gasteiger partial charge in [-0.15, -0.1) is 11.3 Å². The van der Waals surface area contributed by atoms with E-state index in [4.69, 9.17) is 0 Å². The van der Waals surface area contributed by atoms with Gasteiger partial charge in [0.15, 0.2) is 5.16 Å². The second kappa shape index (κ2) is 9.99. The fourth-order valence-electron chi connectivity index (χ4n) is 2.33. The molecule has 2 aromatic heterocycles. The monoisotopic (exact) mass is 432 g/mol. The van der Waals surface area contributed by atoms with Crippen molar-refractivity contribution in [1.29, 1.82) is 0 Å². The van der Waals surface area contributed by atoms with Gasteiger partial charge in [-0.1, -0.05) is 17.8 Å². The van der Waals surface area contributed by atoms with Gasteiger partial charge in [-0.2, -0.15) is 0 Å². The number of H-pyrrole nitrogens is 1. The summed E-state index contributed by atoms with van der Waals surface area (Å²) in [6.07, 6.45) is -0.0371. The van der Waals surface area contributed by atoms with Crippen molar-refractivity contribution in [2.75, 3.05) is 11.1 Å². The first-order valence-corrected chi connectivity index (χ1v) is 10.4. The number of thioether (sulfide) groups is 1. The van der Waals surface area contributed by atoms with Crippen molar-refractivity contribution >= 4 is 40.6 Å². The van der Waals surface area contributed by atoms with E-state index in [2.05, 4.69) is 20.6 Å². The number of aromatic amines is 1. The number of nitrogens with zero attached hydrogens (tertiary/aromatic N) is 1. The molecule has 0 spiro atoms. The van der Waals surface area contributed by atoms with Crippen LogP contribution in [0.25, 0.3) is 0 Å². The van der Waals surface area contributed by atoms with Crippen molar-refractivity contribution in [3.05, 3.63) is 74.6 Å². The van der Waals surface area contributed by atoms with Crippen LogP contribution in [0.1, 0.15) is 10.6 Å². The summed E-state index contributed by atoms with van der Waals surface area (Å²) in [4.78, 5) is 43.7. The highest BCUT2D eigenvalue weighted by atomic mass is 32.2. The van der Waals surface area contributed by atoms with E-state index in [0.717, 1.165) is 16.6 Å². The van der Waals surface area contributed by atoms with Crippen LogP contribution in [-0.4, -0.2) is 27.5 Å². The lowest BCUT2D eigenvalue weighted by atomic mass is 10.3. The highest BCUT2D eigenvalue weighted by Gasteiger charge is 2.10. The van der Waals surface area contributed by atoms with Gasteiger partial charge in [-0.3, -0.25) is 14.4 Å². The summed E-state index contributed by atoms with van der Waals surface area (Å²) in [5.41, 5.74) is 0.385. The maximum absolute atomic E-state index is 12.9. The number of benzene rings is 1. The lowest BCUT2D eigenvalue weighted by Crippen LogP contribution is -2.25. The van der Waals surface area contributed by atoms with Crippen LogP contribution in [0.4, 0.5) is 10.1 Å². The number of amides is 2. The Labute approximate surface area is 173 Å². The molecule has 10 heteroatoms. The lowest BCUT2D eigenvalue weighted by molar-refractivity contribution is -0.120. The molecule has 0 saturated carbocycles. The molecule has 0 aliphatic carbocycles. The second-order valence-electron chi connectivity index (χ2n) is 5.92. The van der Waals surface area contributed by atoms with E-state index in [1.165, 1.54) is 30.3 Å². The topological polar surface area (TPSA) is 104 Å². The summed E-state index contributed by atoms with van der Waals surface area (Å²) in [5, 5.41) is 7.57. The number of carbonyl (C=O) groups is 2. The second-order valence-corrected chi connectivity index (χ2v) is 7.91. The molecule has 3 rings (SSSR count). The van der Waals surface area contributed by atoms with Gasteiger partial charge >= 0.3 is 0 Å². The van der Waals surface area contributed by atoms with E-state index < -0.39 is 11.4 Å². The zero-order chi connectivity index (χ0) is 20.6. The Bertz CT molecular complexity index is 1040. The first kappa shape index (κ1) is 20.7. The van der Waals surface area contributed by atoms with E-state index in [9.17, 15) is 18.8 Å². The number of hydrogen-bond acceptors (Lipinski definition) is 6. The molecule has 0 fully saturated rings.